The van der Waals surface area contributed by atoms with Crippen LogP contribution in [0.4, 0.5) is 10.8 Å². The van der Waals surface area contributed by atoms with Gasteiger partial charge in [-0.05, 0) is 25.7 Å². The van der Waals surface area contributed by atoms with Crippen molar-refractivity contribution in [1.82, 2.24) is 20.2 Å². The molecule has 3 N–H and O–H groups in total. The fraction of sp³-hybridized carbons (Fsp3) is 0.769. The smallest absolute Gasteiger partial charge is 0.406 e. The van der Waals surface area contributed by atoms with Gasteiger partial charge in [0.15, 0.2) is 0 Å². The van der Waals surface area contributed by atoms with Crippen LogP contribution in [0.2, 0.25) is 0 Å². The van der Waals surface area contributed by atoms with Crippen LogP contribution in [0.5, 0.6) is 0 Å². The minimum Gasteiger partial charge on any atom is -0.406 e. The number of urea groups is 1. The average molecular weight is 388 g/mol. The number of amides is 2. The molecule has 4 rings (SSSR count). The van der Waals surface area contributed by atoms with Gasteiger partial charge in [0.1, 0.15) is 6.04 Å². The largest absolute Gasteiger partial charge is 0.418 e. The third-order valence-corrected chi connectivity index (χ3v) is 5.37. The van der Waals surface area contributed by atoms with Gasteiger partial charge in [0.25, 0.3) is 0 Å². The van der Waals surface area contributed by atoms with E-state index in [1.807, 2.05) is 4.90 Å². The SMILES string of the molecule is NC1CCN(c2nnc([C@@H]3CC[C@@H]4CN3C(=O)N4OS(=O)(=O)O)o2)CC1. The van der Waals surface area contributed by atoms with E-state index in [1.54, 1.807) is 0 Å². The molecular weight excluding hydrogens is 368 g/mol. The van der Waals surface area contributed by atoms with Gasteiger partial charge in [-0.15, -0.1) is 9.38 Å². The van der Waals surface area contributed by atoms with Gasteiger partial charge in [-0.3, -0.25) is 4.55 Å². The second-order valence-corrected chi connectivity index (χ2v) is 7.76. The summed E-state index contributed by atoms with van der Waals surface area (Å²) in [5.74, 6) is 0.301. The van der Waals surface area contributed by atoms with E-state index >= 15 is 0 Å². The Morgan fingerprint density at radius 1 is 1.19 bits per heavy atom. The maximum absolute atomic E-state index is 12.4. The predicted octanol–water partition coefficient (Wildman–Crippen LogP) is -0.327. The summed E-state index contributed by atoms with van der Waals surface area (Å²) in [5.41, 5.74) is 5.90. The third kappa shape index (κ3) is 3.22. The van der Waals surface area contributed by atoms with Gasteiger partial charge in [-0.1, -0.05) is 5.10 Å². The normalized spacial score (nSPS) is 27.5. The molecule has 0 spiro atoms. The van der Waals surface area contributed by atoms with Crippen molar-refractivity contribution in [2.75, 3.05) is 24.5 Å². The van der Waals surface area contributed by atoms with Gasteiger partial charge in [-0.25, -0.2) is 4.79 Å². The Kier molecular flexibility index (Phi) is 4.25. The summed E-state index contributed by atoms with van der Waals surface area (Å²) < 4.78 is 40.9. The molecule has 12 nitrogen and oxygen atoms in total. The summed E-state index contributed by atoms with van der Waals surface area (Å²) in [6, 6.07) is -0.987. The van der Waals surface area contributed by atoms with Gasteiger partial charge in [0, 0.05) is 25.7 Å². The van der Waals surface area contributed by atoms with E-state index < -0.39 is 28.5 Å². The number of hydrogen-bond donors (Lipinski definition) is 2. The van der Waals surface area contributed by atoms with Crippen LogP contribution in [0.25, 0.3) is 0 Å². The number of rotatable bonds is 4. The van der Waals surface area contributed by atoms with Crippen molar-refractivity contribution >= 4 is 22.4 Å². The molecule has 26 heavy (non-hydrogen) atoms. The second kappa shape index (κ2) is 6.33. The molecule has 2 bridgehead atoms. The van der Waals surface area contributed by atoms with Gasteiger partial charge >= 0.3 is 22.4 Å². The molecule has 0 saturated carbocycles. The molecule has 0 aliphatic carbocycles. The van der Waals surface area contributed by atoms with Crippen molar-refractivity contribution in [1.29, 1.82) is 0 Å². The van der Waals surface area contributed by atoms with E-state index in [2.05, 4.69) is 14.5 Å². The molecule has 2 amide bonds. The second-order valence-electron chi connectivity index (χ2n) is 6.76. The first-order valence-electron chi connectivity index (χ1n) is 8.42. The lowest BCUT2D eigenvalue weighted by molar-refractivity contribution is -0.0317. The quantitative estimate of drug-likeness (QED) is 0.655. The monoisotopic (exact) mass is 388 g/mol. The number of fused-ring (bicyclic) bond motifs is 2. The van der Waals surface area contributed by atoms with Crippen LogP contribution in [0.3, 0.4) is 0 Å². The standard InChI is InChI=1S/C13H20N6O6S/c14-8-3-5-17(6-4-8)12-16-15-11(24-12)10-2-1-9-7-18(10)13(20)19(9)25-26(21,22)23/h8-10H,1-7,14H2,(H,21,22,23)/t9-,10+/m1/s1. The molecule has 0 aromatic carbocycles. The molecule has 1 aromatic rings. The summed E-state index contributed by atoms with van der Waals surface area (Å²) in [4.78, 5) is 15.8. The van der Waals surface area contributed by atoms with E-state index in [4.69, 9.17) is 14.7 Å². The van der Waals surface area contributed by atoms with E-state index in [-0.39, 0.29) is 12.6 Å². The molecule has 13 heteroatoms. The van der Waals surface area contributed by atoms with Gasteiger partial charge in [0.2, 0.25) is 5.89 Å². The van der Waals surface area contributed by atoms with Crippen molar-refractivity contribution in [3.05, 3.63) is 5.89 Å². The Balaban J connectivity index is 1.49. The highest BCUT2D eigenvalue weighted by Crippen LogP contribution is 2.38. The third-order valence-electron chi connectivity index (χ3n) is 5.02. The maximum atomic E-state index is 12.4. The van der Waals surface area contributed by atoms with Crippen molar-refractivity contribution in [2.24, 2.45) is 5.73 Å². The number of carbonyl (C=O) groups excluding carboxylic acids is 1. The molecule has 0 unspecified atom stereocenters. The zero-order valence-electron chi connectivity index (χ0n) is 13.9. The number of carbonyl (C=O) groups is 1. The molecule has 1 aromatic heterocycles. The molecule has 3 aliphatic rings. The lowest BCUT2D eigenvalue weighted by Crippen LogP contribution is -2.39. The summed E-state index contributed by atoms with van der Waals surface area (Å²) >= 11 is 0. The Bertz CT molecular complexity index is 791. The van der Waals surface area contributed by atoms with Crippen molar-refractivity contribution in [3.63, 3.8) is 0 Å². The van der Waals surface area contributed by atoms with Gasteiger partial charge < -0.3 is 20.0 Å². The Morgan fingerprint density at radius 3 is 2.62 bits per heavy atom. The van der Waals surface area contributed by atoms with E-state index in [9.17, 15) is 13.2 Å². The number of hydrogen-bond acceptors (Lipinski definition) is 9. The molecule has 3 saturated heterocycles. The number of anilines is 1. The fourth-order valence-electron chi connectivity index (χ4n) is 3.67. The zero-order valence-corrected chi connectivity index (χ0v) is 14.7. The lowest BCUT2D eigenvalue weighted by Gasteiger charge is -2.29. The van der Waals surface area contributed by atoms with E-state index in [1.165, 1.54) is 4.90 Å². The minimum absolute atomic E-state index is 0.180. The first kappa shape index (κ1) is 17.5. The molecule has 4 heterocycles. The molecular formula is C13H20N6O6S. The fourth-order valence-corrected chi connectivity index (χ4v) is 4.06. The summed E-state index contributed by atoms with van der Waals surface area (Å²) in [6.45, 7) is 1.72. The van der Waals surface area contributed by atoms with Crippen molar-refractivity contribution < 1.29 is 26.5 Å². The molecule has 2 atom stereocenters. The van der Waals surface area contributed by atoms with Crippen LogP contribution in [0.1, 0.15) is 37.6 Å². The first-order valence-corrected chi connectivity index (χ1v) is 9.79. The highest BCUT2D eigenvalue weighted by atomic mass is 32.3. The minimum atomic E-state index is -4.77. The van der Waals surface area contributed by atoms with Crippen LogP contribution >= 0.6 is 0 Å². The van der Waals surface area contributed by atoms with Crippen LogP contribution in [-0.4, -0.2) is 70.9 Å². The number of nitrogens with two attached hydrogens (primary N) is 1. The molecule has 0 radical (unpaired) electrons. The predicted molar refractivity (Wildman–Crippen MR) is 86.1 cm³/mol. The topological polar surface area (TPSA) is 155 Å². The maximum Gasteiger partial charge on any atom is 0.418 e. The van der Waals surface area contributed by atoms with Crippen LogP contribution in [0.15, 0.2) is 4.42 Å². The number of piperidine rings is 2. The highest BCUT2D eigenvalue weighted by molar-refractivity contribution is 7.80. The Hall–Kier alpha value is -1.96. The summed E-state index contributed by atoms with van der Waals surface area (Å²) in [6.07, 6.45) is 2.69. The number of nitrogens with zero attached hydrogens (tertiary/aromatic N) is 5. The van der Waals surface area contributed by atoms with Gasteiger partial charge in [-0.2, -0.15) is 13.5 Å². The van der Waals surface area contributed by atoms with Crippen LogP contribution in [0, 0.1) is 0 Å². The number of aromatic nitrogens is 2. The Labute approximate surface area is 149 Å². The van der Waals surface area contributed by atoms with E-state index in [0.717, 1.165) is 25.9 Å². The van der Waals surface area contributed by atoms with Crippen molar-refractivity contribution in [2.45, 2.75) is 43.8 Å². The molecule has 3 fully saturated rings. The average Bonchev–Trinajstić information content (AvgIpc) is 3.15. The van der Waals surface area contributed by atoms with Crippen molar-refractivity contribution in [3.8, 4) is 0 Å². The number of hydroxylamine groups is 2. The lowest BCUT2D eigenvalue weighted by atomic mass is 10.0. The molecule has 144 valence electrons. The summed E-state index contributed by atoms with van der Waals surface area (Å²) in [5, 5.41) is 8.84. The van der Waals surface area contributed by atoms with Crippen LogP contribution < -0.4 is 10.6 Å². The summed E-state index contributed by atoms with van der Waals surface area (Å²) in [7, 11) is -4.77. The first-order chi connectivity index (χ1) is 12.3. The zero-order chi connectivity index (χ0) is 18.5. The Morgan fingerprint density at radius 2 is 1.92 bits per heavy atom. The molecule has 3 aliphatic heterocycles. The van der Waals surface area contributed by atoms with Crippen LogP contribution in [-0.2, 0) is 14.7 Å². The van der Waals surface area contributed by atoms with E-state index in [0.29, 0.717) is 29.8 Å². The van der Waals surface area contributed by atoms with Gasteiger partial charge in [0.05, 0.1) is 6.04 Å². The highest BCUT2D eigenvalue weighted by Gasteiger charge is 2.49.